The van der Waals surface area contributed by atoms with Crippen LogP contribution in [-0.2, 0) is 0 Å². The van der Waals surface area contributed by atoms with Gasteiger partial charge in [-0.25, -0.2) is 0 Å². The van der Waals surface area contributed by atoms with Crippen LogP contribution in [-0.4, -0.2) is 36.2 Å². The summed E-state index contributed by atoms with van der Waals surface area (Å²) in [6, 6.07) is 0. The van der Waals surface area contributed by atoms with E-state index >= 15 is 0 Å². The average Bonchev–Trinajstić information content (AvgIpc) is 2.28. The summed E-state index contributed by atoms with van der Waals surface area (Å²) in [4.78, 5) is 2.54. The summed E-state index contributed by atoms with van der Waals surface area (Å²) in [5.41, 5.74) is 1.43. The lowest BCUT2D eigenvalue weighted by Gasteiger charge is -2.33. The van der Waals surface area contributed by atoms with E-state index in [9.17, 15) is 5.11 Å². The minimum absolute atomic E-state index is 0.364. The van der Waals surface area contributed by atoms with Crippen molar-refractivity contribution in [1.82, 2.24) is 4.90 Å². The van der Waals surface area contributed by atoms with Crippen molar-refractivity contribution in [2.24, 2.45) is 11.8 Å². The maximum atomic E-state index is 9.21. The smallest absolute Gasteiger partial charge is 0.0471 e. The molecule has 1 saturated heterocycles. The van der Waals surface area contributed by atoms with E-state index in [0.29, 0.717) is 12.5 Å². The Morgan fingerprint density at radius 1 is 1.47 bits per heavy atom. The second kappa shape index (κ2) is 7.88. The highest BCUT2D eigenvalue weighted by atomic mass is 16.3. The zero-order valence-electron chi connectivity index (χ0n) is 11.8. The molecule has 1 fully saturated rings. The van der Waals surface area contributed by atoms with Gasteiger partial charge in [-0.15, -0.1) is 0 Å². The first-order valence-electron chi connectivity index (χ1n) is 7.08. The summed E-state index contributed by atoms with van der Waals surface area (Å²) in [5.74, 6) is 1.29. The van der Waals surface area contributed by atoms with Gasteiger partial charge >= 0.3 is 0 Å². The van der Waals surface area contributed by atoms with Gasteiger partial charge in [-0.05, 0) is 57.9 Å². The molecule has 2 heteroatoms. The molecule has 0 aromatic rings. The molecule has 1 rings (SSSR count). The van der Waals surface area contributed by atoms with Crippen molar-refractivity contribution < 1.29 is 5.11 Å². The maximum absolute atomic E-state index is 9.21. The third-order valence-electron chi connectivity index (χ3n) is 3.64. The van der Waals surface area contributed by atoms with Crippen molar-refractivity contribution in [3.8, 4) is 0 Å². The molecular formula is C15H29NO. The fourth-order valence-corrected chi connectivity index (χ4v) is 2.65. The molecule has 1 aliphatic rings. The molecular weight excluding hydrogens is 210 g/mol. The Kier molecular flexibility index (Phi) is 6.83. The van der Waals surface area contributed by atoms with Crippen molar-refractivity contribution >= 4 is 0 Å². The highest BCUT2D eigenvalue weighted by molar-refractivity contribution is 4.92. The van der Waals surface area contributed by atoms with Gasteiger partial charge in [0.15, 0.2) is 0 Å². The van der Waals surface area contributed by atoms with Crippen LogP contribution in [0.25, 0.3) is 0 Å². The molecule has 0 unspecified atom stereocenters. The highest BCUT2D eigenvalue weighted by Crippen LogP contribution is 2.18. The van der Waals surface area contributed by atoms with Gasteiger partial charge in [0, 0.05) is 19.7 Å². The molecule has 1 aliphatic heterocycles. The van der Waals surface area contributed by atoms with E-state index in [2.05, 4.69) is 31.7 Å². The summed E-state index contributed by atoms with van der Waals surface area (Å²) in [5, 5.41) is 9.21. The fourth-order valence-electron chi connectivity index (χ4n) is 2.65. The normalized spacial score (nSPS) is 23.4. The van der Waals surface area contributed by atoms with Crippen molar-refractivity contribution in [3.63, 3.8) is 0 Å². The largest absolute Gasteiger partial charge is 0.396 e. The summed E-state index contributed by atoms with van der Waals surface area (Å²) >= 11 is 0. The quantitative estimate of drug-likeness (QED) is 0.720. The number of likely N-dealkylation sites (tertiary alicyclic amines) is 1. The van der Waals surface area contributed by atoms with E-state index in [1.165, 1.54) is 44.3 Å². The summed E-state index contributed by atoms with van der Waals surface area (Å²) < 4.78 is 0. The standard InChI is InChI=1S/C15H29NO/c1-13(2)6-4-7-14(3)10-16-9-5-8-15(11-16)12-17/h6,14-15,17H,4-5,7-12H2,1-3H3/t14-,15-/m1/s1. The molecule has 17 heavy (non-hydrogen) atoms. The summed E-state index contributed by atoms with van der Waals surface area (Å²) in [6.45, 7) is 10.6. The van der Waals surface area contributed by atoms with Gasteiger partial charge in [-0.3, -0.25) is 0 Å². The van der Waals surface area contributed by atoms with E-state index < -0.39 is 0 Å². The van der Waals surface area contributed by atoms with Gasteiger partial charge in [0.05, 0.1) is 0 Å². The molecule has 2 nitrogen and oxygen atoms in total. The molecule has 0 aromatic heterocycles. The molecule has 0 spiro atoms. The minimum Gasteiger partial charge on any atom is -0.396 e. The Balaban J connectivity index is 2.21. The van der Waals surface area contributed by atoms with Crippen LogP contribution in [0.3, 0.4) is 0 Å². The Bertz CT molecular complexity index is 233. The van der Waals surface area contributed by atoms with Crippen LogP contribution in [0.15, 0.2) is 11.6 Å². The summed E-state index contributed by atoms with van der Waals surface area (Å²) in [6.07, 6.45) is 7.29. The number of aliphatic hydroxyl groups excluding tert-OH is 1. The number of hydrogen-bond acceptors (Lipinski definition) is 2. The average molecular weight is 239 g/mol. The fraction of sp³-hybridized carbons (Fsp3) is 0.867. The molecule has 0 saturated carbocycles. The number of rotatable bonds is 6. The van der Waals surface area contributed by atoms with Crippen LogP contribution in [0, 0.1) is 11.8 Å². The van der Waals surface area contributed by atoms with E-state index in [1.807, 2.05) is 0 Å². The van der Waals surface area contributed by atoms with E-state index in [1.54, 1.807) is 0 Å². The van der Waals surface area contributed by atoms with Crippen LogP contribution in [0.5, 0.6) is 0 Å². The van der Waals surface area contributed by atoms with Gasteiger partial charge < -0.3 is 10.0 Å². The Morgan fingerprint density at radius 2 is 2.24 bits per heavy atom. The third kappa shape index (κ3) is 6.23. The Morgan fingerprint density at radius 3 is 2.88 bits per heavy atom. The van der Waals surface area contributed by atoms with E-state index in [0.717, 1.165) is 12.5 Å². The number of allylic oxidation sites excluding steroid dienone is 2. The van der Waals surface area contributed by atoms with Crippen molar-refractivity contribution in [2.75, 3.05) is 26.2 Å². The highest BCUT2D eigenvalue weighted by Gasteiger charge is 2.20. The zero-order chi connectivity index (χ0) is 12.7. The number of piperidine rings is 1. The molecule has 100 valence electrons. The SMILES string of the molecule is CC(C)=CCC[C@@H](C)CN1CCC[C@@H](CO)C1. The first kappa shape index (κ1) is 14.7. The Hall–Kier alpha value is -0.340. The lowest BCUT2D eigenvalue weighted by molar-refractivity contribution is 0.109. The molecule has 1 N–H and O–H groups in total. The zero-order valence-corrected chi connectivity index (χ0v) is 11.8. The lowest BCUT2D eigenvalue weighted by atomic mass is 9.97. The minimum atomic E-state index is 0.364. The van der Waals surface area contributed by atoms with Crippen molar-refractivity contribution in [1.29, 1.82) is 0 Å². The molecule has 1 heterocycles. The molecule has 0 aromatic carbocycles. The predicted molar refractivity (Wildman–Crippen MR) is 74.1 cm³/mol. The van der Waals surface area contributed by atoms with E-state index in [4.69, 9.17) is 0 Å². The first-order valence-corrected chi connectivity index (χ1v) is 7.08. The number of hydrogen-bond donors (Lipinski definition) is 1. The van der Waals surface area contributed by atoms with Crippen LogP contribution >= 0.6 is 0 Å². The van der Waals surface area contributed by atoms with Gasteiger partial charge in [0.2, 0.25) is 0 Å². The van der Waals surface area contributed by atoms with Crippen molar-refractivity contribution in [3.05, 3.63) is 11.6 Å². The van der Waals surface area contributed by atoms with Crippen LogP contribution in [0.2, 0.25) is 0 Å². The van der Waals surface area contributed by atoms with Gasteiger partial charge in [-0.2, -0.15) is 0 Å². The van der Waals surface area contributed by atoms with Crippen molar-refractivity contribution in [2.45, 2.75) is 46.5 Å². The second-order valence-corrected chi connectivity index (χ2v) is 5.91. The van der Waals surface area contributed by atoms with Gasteiger partial charge in [0.25, 0.3) is 0 Å². The molecule has 0 radical (unpaired) electrons. The molecule has 0 aliphatic carbocycles. The van der Waals surface area contributed by atoms with Gasteiger partial charge in [-0.1, -0.05) is 18.6 Å². The first-order chi connectivity index (χ1) is 8.11. The third-order valence-corrected chi connectivity index (χ3v) is 3.64. The number of nitrogens with zero attached hydrogens (tertiary/aromatic N) is 1. The summed E-state index contributed by atoms with van der Waals surface area (Å²) in [7, 11) is 0. The molecule has 0 amide bonds. The number of aliphatic hydroxyl groups is 1. The van der Waals surface area contributed by atoms with Gasteiger partial charge in [0.1, 0.15) is 0 Å². The predicted octanol–water partition coefficient (Wildman–Crippen LogP) is 3.07. The monoisotopic (exact) mass is 239 g/mol. The second-order valence-electron chi connectivity index (χ2n) is 5.91. The topological polar surface area (TPSA) is 23.5 Å². The molecule has 0 bridgehead atoms. The van der Waals surface area contributed by atoms with Crippen LogP contribution in [0.4, 0.5) is 0 Å². The lowest BCUT2D eigenvalue weighted by Crippen LogP contribution is -2.39. The van der Waals surface area contributed by atoms with Crippen LogP contribution < -0.4 is 0 Å². The van der Waals surface area contributed by atoms with Crippen LogP contribution in [0.1, 0.15) is 46.5 Å². The maximum Gasteiger partial charge on any atom is 0.0471 e. The molecule has 2 atom stereocenters. The Labute approximate surface area is 107 Å². The van der Waals surface area contributed by atoms with E-state index in [-0.39, 0.29) is 0 Å².